The van der Waals surface area contributed by atoms with Crippen LogP contribution >= 0.6 is 0 Å². The van der Waals surface area contributed by atoms with Crippen LogP contribution in [-0.2, 0) is 15.7 Å². The fourth-order valence-electron chi connectivity index (χ4n) is 4.84. The van der Waals surface area contributed by atoms with Gasteiger partial charge >= 0.3 is 6.18 Å². The second-order valence-corrected chi connectivity index (χ2v) is 9.35. The third-order valence-electron chi connectivity index (χ3n) is 6.65. The zero-order valence-electron chi connectivity index (χ0n) is 20.4. The molecule has 4 heterocycles. The summed E-state index contributed by atoms with van der Waals surface area (Å²) in [6, 6.07) is 4.37. The number of nitrogens with one attached hydrogen (secondary N) is 1. The lowest BCUT2D eigenvalue weighted by molar-refractivity contribution is -0.138. The van der Waals surface area contributed by atoms with Crippen LogP contribution < -0.4 is 15.4 Å². The number of benzene rings is 1. The van der Waals surface area contributed by atoms with Gasteiger partial charge in [0.1, 0.15) is 5.82 Å². The number of aromatic nitrogens is 4. The van der Waals surface area contributed by atoms with Crippen molar-refractivity contribution in [1.82, 2.24) is 25.1 Å². The average molecular weight is 536 g/mol. The second-order valence-electron chi connectivity index (χ2n) is 9.35. The number of aromatic amines is 1. The smallest absolute Gasteiger partial charge is 0.371 e. The van der Waals surface area contributed by atoms with Gasteiger partial charge in [-0.2, -0.15) is 18.3 Å². The van der Waals surface area contributed by atoms with Gasteiger partial charge < -0.3 is 19.4 Å². The highest BCUT2D eigenvalue weighted by Crippen LogP contribution is 2.29. The van der Waals surface area contributed by atoms with Crippen molar-refractivity contribution in [1.29, 1.82) is 0 Å². The third-order valence-corrected chi connectivity index (χ3v) is 6.65. The van der Waals surface area contributed by atoms with Gasteiger partial charge in [0.2, 0.25) is 11.9 Å². The predicted octanol–water partition coefficient (Wildman–Crippen LogP) is 2.20. The first-order valence-corrected chi connectivity index (χ1v) is 12.1. The van der Waals surface area contributed by atoms with Gasteiger partial charge in [0, 0.05) is 57.0 Å². The van der Waals surface area contributed by atoms with Crippen molar-refractivity contribution in [3.63, 3.8) is 0 Å². The highest BCUT2D eigenvalue weighted by Gasteiger charge is 2.33. The number of hydrogen-bond acceptors (Lipinski definition) is 8. The highest BCUT2D eigenvalue weighted by atomic mass is 19.4. The highest BCUT2D eigenvalue weighted by molar-refractivity contribution is 5.91. The van der Waals surface area contributed by atoms with Gasteiger partial charge in [0.05, 0.1) is 29.6 Å². The minimum Gasteiger partial charge on any atom is -0.371 e. The summed E-state index contributed by atoms with van der Waals surface area (Å²) in [5.74, 6) is -0.164. The number of rotatable bonds is 4. The average Bonchev–Trinajstić information content (AvgIpc) is 2.88. The molecule has 2 saturated heterocycles. The van der Waals surface area contributed by atoms with Crippen LogP contribution in [0.25, 0.3) is 10.8 Å². The molecule has 5 rings (SSSR count). The summed E-state index contributed by atoms with van der Waals surface area (Å²) in [6.07, 6.45) is -3.60. The molecule has 10 nitrogen and oxygen atoms in total. The normalized spacial score (nSPS) is 20.7. The van der Waals surface area contributed by atoms with E-state index in [1.165, 1.54) is 12.1 Å². The minimum atomic E-state index is -4.50. The monoisotopic (exact) mass is 535 g/mol. The van der Waals surface area contributed by atoms with Crippen molar-refractivity contribution in [3.05, 3.63) is 52.3 Å². The van der Waals surface area contributed by atoms with Crippen LogP contribution in [0, 0.1) is 5.82 Å². The van der Waals surface area contributed by atoms with Gasteiger partial charge in [-0.05, 0) is 13.0 Å². The fraction of sp³-hybridized carbons (Fsp3) is 0.458. The summed E-state index contributed by atoms with van der Waals surface area (Å²) in [6.45, 7) is 4.11. The molecule has 2 aliphatic rings. The largest absolute Gasteiger partial charge is 0.419 e. The number of carbonyl (C=O) groups excluding carboxylic acids is 1. The van der Waals surface area contributed by atoms with E-state index in [4.69, 9.17) is 4.74 Å². The maximum atomic E-state index is 14.3. The van der Waals surface area contributed by atoms with Crippen LogP contribution in [-0.4, -0.2) is 82.4 Å². The zero-order chi connectivity index (χ0) is 27.0. The number of carbonyl (C=O) groups is 1. The number of morpholine rings is 1. The maximum absolute atomic E-state index is 14.3. The number of fused-ring (bicyclic) bond motifs is 1. The molecule has 2 atom stereocenters. The summed E-state index contributed by atoms with van der Waals surface area (Å²) in [7, 11) is 0. The van der Waals surface area contributed by atoms with Crippen LogP contribution in [0.15, 0.2) is 35.4 Å². The first-order chi connectivity index (χ1) is 18.1. The summed E-state index contributed by atoms with van der Waals surface area (Å²) in [4.78, 5) is 38.1. The van der Waals surface area contributed by atoms with Crippen LogP contribution in [0.4, 0.5) is 29.3 Å². The van der Waals surface area contributed by atoms with E-state index in [0.717, 1.165) is 12.4 Å². The number of nitrogens with zero attached hydrogens (tertiary/aromatic N) is 6. The molecule has 1 N–H and O–H groups in total. The molecule has 0 bridgehead atoms. The summed E-state index contributed by atoms with van der Waals surface area (Å²) in [5, 5.41) is 6.83. The van der Waals surface area contributed by atoms with E-state index in [9.17, 15) is 27.2 Å². The standard InChI is InChI=1S/C24H25F4N7O3/c1-14-12-35(21-17-3-2-4-18(25)20(17)22(37)32-31-21)13-16(38-14)9-19(36)33-5-7-34(8-6-33)23-29-10-15(11-30-23)24(26,27)28/h2-4,10-11,14,16H,5-9,12-13H2,1H3,(H,32,37)/t14-,16-/m1/s1. The van der Waals surface area contributed by atoms with E-state index in [1.807, 2.05) is 11.8 Å². The zero-order valence-corrected chi connectivity index (χ0v) is 20.4. The fourth-order valence-corrected chi connectivity index (χ4v) is 4.84. The molecular formula is C24H25F4N7O3. The molecule has 0 saturated carbocycles. The molecule has 0 spiro atoms. The SMILES string of the molecule is C[C@@H]1CN(c2n[nH]c(=O)c3c(F)cccc23)C[C@@H](CC(=O)N2CCN(c3ncc(C(F)(F)F)cn3)CC2)O1. The molecule has 2 aromatic heterocycles. The Bertz CT molecular complexity index is 1370. The molecule has 202 valence electrons. The Morgan fingerprint density at radius 3 is 2.50 bits per heavy atom. The Kier molecular flexibility index (Phi) is 6.90. The molecule has 2 fully saturated rings. The second kappa shape index (κ2) is 10.2. The topological polar surface area (TPSA) is 108 Å². The lowest BCUT2D eigenvalue weighted by atomic mass is 10.1. The Morgan fingerprint density at radius 1 is 1.11 bits per heavy atom. The molecule has 1 amide bonds. The number of anilines is 2. The number of halogens is 4. The molecule has 3 aromatic rings. The number of piperazine rings is 1. The van der Waals surface area contributed by atoms with E-state index in [2.05, 4.69) is 20.2 Å². The van der Waals surface area contributed by atoms with E-state index < -0.39 is 29.2 Å². The van der Waals surface area contributed by atoms with Crippen LogP contribution in [0.3, 0.4) is 0 Å². The number of H-pyrrole nitrogens is 1. The van der Waals surface area contributed by atoms with E-state index in [0.29, 0.717) is 50.5 Å². The van der Waals surface area contributed by atoms with E-state index in [1.54, 1.807) is 15.9 Å². The van der Waals surface area contributed by atoms with Gasteiger partial charge in [-0.1, -0.05) is 12.1 Å². The molecular weight excluding hydrogens is 510 g/mol. The lowest BCUT2D eigenvalue weighted by Crippen LogP contribution is -2.52. The quantitative estimate of drug-likeness (QED) is 0.507. The van der Waals surface area contributed by atoms with Crippen molar-refractivity contribution < 1.29 is 27.1 Å². The minimum absolute atomic E-state index is 0.0702. The van der Waals surface area contributed by atoms with Gasteiger partial charge in [0.25, 0.3) is 5.56 Å². The first-order valence-electron chi connectivity index (χ1n) is 12.1. The van der Waals surface area contributed by atoms with Gasteiger partial charge in [-0.25, -0.2) is 19.5 Å². The molecule has 2 aliphatic heterocycles. The Morgan fingerprint density at radius 2 is 1.82 bits per heavy atom. The summed E-state index contributed by atoms with van der Waals surface area (Å²) >= 11 is 0. The molecule has 14 heteroatoms. The number of hydrogen-bond donors (Lipinski definition) is 1. The van der Waals surface area contributed by atoms with Crippen LogP contribution in [0.5, 0.6) is 0 Å². The third kappa shape index (κ3) is 5.26. The predicted molar refractivity (Wildman–Crippen MR) is 129 cm³/mol. The van der Waals surface area contributed by atoms with Gasteiger partial charge in [0.15, 0.2) is 5.82 Å². The van der Waals surface area contributed by atoms with Gasteiger partial charge in [-0.15, -0.1) is 0 Å². The van der Waals surface area contributed by atoms with E-state index in [-0.39, 0.29) is 29.8 Å². The summed E-state index contributed by atoms with van der Waals surface area (Å²) in [5.41, 5.74) is -1.53. The van der Waals surface area contributed by atoms with Crippen molar-refractivity contribution in [2.24, 2.45) is 0 Å². The molecule has 0 radical (unpaired) electrons. The Hall–Kier alpha value is -3.81. The number of amides is 1. The lowest BCUT2D eigenvalue weighted by Gasteiger charge is -2.39. The Balaban J connectivity index is 1.22. The van der Waals surface area contributed by atoms with Crippen LogP contribution in [0.2, 0.25) is 0 Å². The number of ether oxygens (including phenoxy) is 1. The molecule has 0 unspecified atom stereocenters. The number of alkyl halides is 3. The molecule has 1 aromatic carbocycles. The Labute approximate surface area is 214 Å². The van der Waals surface area contributed by atoms with Crippen molar-refractivity contribution in [2.45, 2.75) is 31.7 Å². The molecule has 0 aliphatic carbocycles. The van der Waals surface area contributed by atoms with Gasteiger partial charge in [-0.3, -0.25) is 9.59 Å². The van der Waals surface area contributed by atoms with Crippen LogP contribution in [0.1, 0.15) is 18.9 Å². The van der Waals surface area contributed by atoms with E-state index >= 15 is 0 Å². The van der Waals surface area contributed by atoms with Crippen molar-refractivity contribution in [3.8, 4) is 0 Å². The first kappa shape index (κ1) is 25.8. The van der Waals surface area contributed by atoms with Crippen molar-refractivity contribution in [2.75, 3.05) is 49.1 Å². The maximum Gasteiger partial charge on any atom is 0.419 e. The molecule has 38 heavy (non-hydrogen) atoms. The van der Waals surface area contributed by atoms with Crippen molar-refractivity contribution >= 4 is 28.4 Å². The summed E-state index contributed by atoms with van der Waals surface area (Å²) < 4.78 is 58.6.